The normalized spacial score (nSPS) is 25.1. The summed E-state index contributed by atoms with van der Waals surface area (Å²) in [6.45, 7) is 3.38. The molecule has 1 aromatic carbocycles. The van der Waals surface area contributed by atoms with E-state index in [1.165, 1.54) is 0 Å². The SMILES string of the molecule is CCC1CN(C(=O)C(O)c2ccccc2)CCC1N. The number of rotatable bonds is 3. The Morgan fingerprint density at radius 3 is 2.79 bits per heavy atom. The van der Waals surface area contributed by atoms with Gasteiger partial charge in [-0.15, -0.1) is 0 Å². The summed E-state index contributed by atoms with van der Waals surface area (Å²) in [6.07, 6.45) is 0.714. The van der Waals surface area contributed by atoms with E-state index in [9.17, 15) is 9.90 Å². The van der Waals surface area contributed by atoms with E-state index in [0.29, 0.717) is 24.6 Å². The summed E-state index contributed by atoms with van der Waals surface area (Å²) < 4.78 is 0. The number of nitrogens with two attached hydrogens (primary N) is 1. The minimum Gasteiger partial charge on any atom is -0.378 e. The predicted molar refractivity (Wildman–Crippen MR) is 74.4 cm³/mol. The summed E-state index contributed by atoms with van der Waals surface area (Å²) in [6, 6.07) is 9.24. The molecule has 0 bridgehead atoms. The van der Waals surface area contributed by atoms with Gasteiger partial charge in [-0.1, -0.05) is 43.7 Å². The number of piperidine rings is 1. The Morgan fingerprint density at radius 2 is 2.16 bits per heavy atom. The molecule has 1 fully saturated rings. The molecule has 1 aliphatic rings. The van der Waals surface area contributed by atoms with Crippen molar-refractivity contribution in [3.05, 3.63) is 35.9 Å². The van der Waals surface area contributed by atoms with Gasteiger partial charge in [-0.05, 0) is 17.9 Å². The van der Waals surface area contributed by atoms with Crippen molar-refractivity contribution in [3.63, 3.8) is 0 Å². The second kappa shape index (κ2) is 6.17. The van der Waals surface area contributed by atoms with Crippen LogP contribution >= 0.6 is 0 Å². The number of carbonyl (C=O) groups excluding carboxylic acids is 1. The molecule has 1 amide bonds. The molecule has 2 rings (SSSR count). The average Bonchev–Trinajstić information content (AvgIpc) is 2.47. The fourth-order valence-electron chi connectivity index (χ4n) is 2.63. The fourth-order valence-corrected chi connectivity index (χ4v) is 2.63. The topological polar surface area (TPSA) is 66.6 Å². The van der Waals surface area contributed by atoms with Gasteiger partial charge in [0.05, 0.1) is 0 Å². The van der Waals surface area contributed by atoms with Crippen molar-refractivity contribution in [1.82, 2.24) is 4.90 Å². The molecule has 19 heavy (non-hydrogen) atoms. The molecular formula is C15H22N2O2. The second-order valence-corrected chi connectivity index (χ2v) is 5.22. The lowest BCUT2D eigenvalue weighted by atomic mass is 9.90. The molecular weight excluding hydrogens is 240 g/mol. The quantitative estimate of drug-likeness (QED) is 0.863. The Balaban J connectivity index is 2.04. The van der Waals surface area contributed by atoms with Gasteiger partial charge < -0.3 is 15.7 Å². The van der Waals surface area contributed by atoms with Gasteiger partial charge in [0.2, 0.25) is 0 Å². The van der Waals surface area contributed by atoms with E-state index in [4.69, 9.17) is 5.73 Å². The van der Waals surface area contributed by atoms with Crippen LogP contribution in [0.5, 0.6) is 0 Å². The van der Waals surface area contributed by atoms with E-state index in [1.807, 2.05) is 18.2 Å². The van der Waals surface area contributed by atoms with Gasteiger partial charge in [-0.3, -0.25) is 4.79 Å². The van der Waals surface area contributed by atoms with Gasteiger partial charge in [0, 0.05) is 19.1 Å². The van der Waals surface area contributed by atoms with E-state index in [0.717, 1.165) is 12.8 Å². The van der Waals surface area contributed by atoms with Crippen molar-refractivity contribution in [2.45, 2.75) is 31.9 Å². The number of carbonyl (C=O) groups is 1. The fraction of sp³-hybridized carbons (Fsp3) is 0.533. The van der Waals surface area contributed by atoms with Crippen LogP contribution in [0.3, 0.4) is 0 Å². The number of hydrogen-bond donors (Lipinski definition) is 2. The van der Waals surface area contributed by atoms with Gasteiger partial charge in [0.15, 0.2) is 6.10 Å². The summed E-state index contributed by atoms with van der Waals surface area (Å²) in [4.78, 5) is 14.0. The predicted octanol–water partition coefficient (Wildman–Crippen LogP) is 1.31. The standard InChI is InChI=1S/C15H22N2O2/c1-2-11-10-17(9-8-13(11)16)15(19)14(18)12-6-4-3-5-7-12/h3-7,11,13-14,18H,2,8-10,16H2,1H3. The largest absolute Gasteiger partial charge is 0.378 e. The first-order chi connectivity index (χ1) is 9.13. The third-order valence-electron chi connectivity index (χ3n) is 3.98. The van der Waals surface area contributed by atoms with Crippen LogP contribution in [0.15, 0.2) is 30.3 Å². The summed E-state index contributed by atoms with van der Waals surface area (Å²) in [5, 5.41) is 10.1. The average molecular weight is 262 g/mol. The van der Waals surface area contributed by atoms with Gasteiger partial charge in [0.1, 0.15) is 0 Å². The molecule has 0 aliphatic carbocycles. The van der Waals surface area contributed by atoms with Gasteiger partial charge >= 0.3 is 0 Å². The number of hydrogen-bond acceptors (Lipinski definition) is 3. The number of aliphatic hydroxyl groups is 1. The van der Waals surface area contributed by atoms with Crippen LogP contribution in [-0.2, 0) is 4.79 Å². The zero-order valence-corrected chi connectivity index (χ0v) is 11.3. The van der Waals surface area contributed by atoms with Gasteiger partial charge in [0.25, 0.3) is 5.91 Å². The second-order valence-electron chi connectivity index (χ2n) is 5.22. The highest BCUT2D eigenvalue weighted by atomic mass is 16.3. The van der Waals surface area contributed by atoms with Crippen molar-refractivity contribution in [1.29, 1.82) is 0 Å². The molecule has 3 N–H and O–H groups in total. The van der Waals surface area contributed by atoms with Crippen LogP contribution in [0.4, 0.5) is 0 Å². The maximum atomic E-state index is 12.3. The smallest absolute Gasteiger partial charge is 0.256 e. The number of aliphatic hydroxyl groups excluding tert-OH is 1. The van der Waals surface area contributed by atoms with Crippen molar-refractivity contribution in [3.8, 4) is 0 Å². The van der Waals surface area contributed by atoms with Crippen LogP contribution in [-0.4, -0.2) is 35.0 Å². The molecule has 4 heteroatoms. The molecule has 1 aliphatic heterocycles. The lowest BCUT2D eigenvalue weighted by molar-refractivity contribution is -0.142. The lowest BCUT2D eigenvalue weighted by Gasteiger charge is -2.37. The highest BCUT2D eigenvalue weighted by Crippen LogP contribution is 2.22. The summed E-state index contributed by atoms with van der Waals surface area (Å²) in [5.41, 5.74) is 6.69. The summed E-state index contributed by atoms with van der Waals surface area (Å²) in [7, 11) is 0. The molecule has 0 saturated carbocycles. The Kier molecular flexibility index (Phi) is 4.56. The van der Waals surface area contributed by atoms with Crippen LogP contribution in [0.1, 0.15) is 31.4 Å². The number of likely N-dealkylation sites (tertiary alicyclic amines) is 1. The third kappa shape index (κ3) is 3.14. The van der Waals surface area contributed by atoms with Crippen molar-refractivity contribution >= 4 is 5.91 Å². The molecule has 0 spiro atoms. The maximum absolute atomic E-state index is 12.3. The Hall–Kier alpha value is -1.39. The molecule has 0 aromatic heterocycles. The number of amides is 1. The van der Waals surface area contributed by atoms with E-state index >= 15 is 0 Å². The van der Waals surface area contributed by atoms with E-state index in [2.05, 4.69) is 6.92 Å². The van der Waals surface area contributed by atoms with Crippen LogP contribution < -0.4 is 5.73 Å². The monoisotopic (exact) mass is 262 g/mol. The zero-order chi connectivity index (χ0) is 13.8. The van der Waals surface area contributed by atoms with Gasteiger partial charge in [-0.25, -0.2) is 0 Å². The molecule has 1 aromatic rings. The minimum absolute atomic E-state index is 0.169. The number of benzene rings is 1. The first-order valence-corrected chi connectivity index (χ1v) is 6.90. The van der Waals surface area contributed by atoms with Crippen LogP contribution in [0, 0.1) is 5.92 Å². The van der Waals surface area contributed by atoms with Crippen LogP contribution in [0.2, 0.25) is 0 Å². The zero-order valence-electron chi connectivity index (χ0n) is 11.3. The van der Waals surface area contributed by atoms with Crippen molar-refractivity contribution in [2.24, 2.45) is 11.7 Å². The van der Waals surface area contributed by atoms with E-state index < -0.39 is 6.10 Å². The molecule has 104 valence electrons. The molecule has 1 heterocycles. The molecule has 4 nitrogen and oxygen atoms in total. The molecule has 0 radical (unpaired) electrons. The lowest BCUT2D eigenvalue weighted by Crippen LogP contribution is -2.50. The van der Waals surface area contributed by atoms with Crippen molar-refractivity contribution < 1.29 is 9.90 Å². The van der Waals surface area contributed by atoms with Crippen molar-refractivity contribution in [2.75, 3.05) is 13.1 Å². The molecule has 3 atom stereocenters. The first kappa shape index (κ1) is 14.0. The van der Waals surface area contributed by atoms with Gasteiger partial charge in [-0.2, -0.15) is 0 Å². The highest BCUT2D eigenvalue weighted by Gasteiger charge is 2.31. The molecule has 1 saturated heterocycles. The van der Waals surface area contributed by atoms with E-state index in [1.54, 1.807) is 17.0 Å². The third-order valence-corrected chi connectivity index (χ3v) is 3.98. The highest BCUT2D eigenvalue weighted by molar-refractivity contribution is 5.82. The first-order valence-electron chi connectivity index (χ1n) is 6.90. The Morgan fingerprint density at radius 1 is 1.47 bits per heavy atom. The Labute approximate surface area is 114 Å². The number of nitrogens with zero attached hydrogens (tertiary/aromatic N) is 1. The summed E-state index contributed by atoms with van der Waals surface area (Å²) >= 11 is 0. The van der Waals surface area contributed by atoms with E-state index in [-0.39, 0.29) is 11.9 Å². The molecule has 3 unspecified atom stereocenters. The Bertz CT molecular complexity index is 421. The minimum atomic E-state index is -1.06. The maximum Gasteiger partial charge on any atom is 0.256 e. The summed E-state index contributed by atoms with van der Waals surface area (Å²) in [5.74, 6) is 0.122. The van der Waals surface area contributed by atoms with Crippen LogP contribution in [0.25, 0.3) is 0 Å².